The molecule has 2 amide bonds. The van der Waals surface area contributed by atoms with E-state index in [9.17, 15) is 14.4 Å². The van der Waals surface area contributed by atoms with Crippen molar-refractivity contribution < 1.29 is 33.3 Å². The Hall–Kier alpha value is -4.86. The second-order valence-electron chi connectivity index (χ2n) is 7.14. The standard InChI is InChI=1S/C26H25N3O7/c1-4-35-20-11-9-18(10-12-20)26(32)36-22-13-8-17(14-23(22)34-3)16-27-29-25(31)24(30)28-19-6-5-7-21(15-19)33-2/h5-16H,4H2,1-3H3,(H,28,30)(H,29,31)/b27-16+. The largest absolute Gasteiger partial charge is 0.497 e. The highest BCUT2D eigenvalue weighted by molar-refractivity contribution is 6.39. The fourth-order valence-corrected chi connectivity index (χ4v) is 2.97. The van der Waals surface area contributed by atoms with E-state index in [1.165, 1.54) is 26.5 Å². The third-order valence-electron chi connectivity index (χ3n) is 4.70. The maximum absolute atomic E-state index is 12.5. The molecule has 3 aromatic carbocycles. The number of carbonyl (C=O) groups excluding carboxylic acids is 3. The number of anilines is 1. The lowest BCUT2D eigenvalue weighted by atomic mass is 10.2. The van der Waals surface area contributed by atoms with Crippen LogP contribution in [0.25, 0.3) is 0 Å². The van der Waals surface area contributed by atoms with Gasteiger partial charge in [0.2, 0.25) is 0 Å². The molecule has 0 heterocycles. The molecule has 0 unspecified atom stereocenters. The van der Waals surface area contributed by atoms with Crippen molar-refractivity contribution >= 4 is 29.7 Å². The average molecular weight is 492 g/mol. The zero-order valence-corrected chi connectivity index (χ0v) is 19.9. The van der Waals surface area contributed by atoms with Gasteiger partial charge in [-0.25, -0.2) is 10.2 Å². The Morgan fingerprint density at radius 2 is 1.64 bits per heavy atom. The van der Waals surface area contributed by atoms with E-state index in [0.717, 1.165) is 0 Å². The number of hydrogen-bond acceptors (Lipinski definition) is 8. The van der Waals surface area contributed by atoms with E-state index in [2.05, 4.69) is 15.8 Å². The van der Waals surface area contributed by atoms with Crippen molar-refractivity contribution in [2.24, 2.45) is 5.10 Å². The van der Waals surface area contributed by atoms with Crippen molar-refractivity contribution in [3.63, 3.8) is 0 Å². The molecule has 3 aromatic rings. The Morgan fingerprint density at radius 1 is 0.861 bits per heavy atom. The maximum Gasteiger partial charge on any atom is 0.343 e. The molecule has 2 N–H and O–H groups in total. The summed E-state index contributed by atoms with van der Waals surface area (Å²) in [5, 5.41) is 6.24. The summed E-state index contributed by atoms with van der Waals surface area (Å²) in [5.74, 6) is -0.743. The van der Waals surface area contributed by atoms with Gasteiger partial charge in [-0.3, -0.25) is 9.59 Å². The number of nitrogens with one attached hydrogen (secondary N) is 2. The van der Waals surface area contributed by atoms with Crippen LogP contribution in [0.4, 0.5) is 5.69 Å². The van der Waals surface area contributed by atoms with Gasteiger partial charge in [-0.1, -0.05) is 6.07 Å². The highest BCUT2D eigenvalue weighted by Gasteiger charge is 2.15. The first-order valence-corrected chi connectivity index (χ1v) is 10.8. The Balaban J connectivity index is 1.59. The van der Waals surface area contributed by atoms with Crippen molar-refractivity contribution in [1.82, 2.24) is 5.43 Å². The molecule has 0 aliphatic carbocycles. The van der Waals surface area contributed by atoms with E-state index in [4.69, 9.17) is 18.9 Å². The molecule has 186 valence electrons. The summed E-state index contributed by atoms with van der Waals surface area (Å²) in [4.78, 5) is 36.6. The second kappa shape index (κ2) is 12.6. The summed E-state index contributed by atoms with van der Waals surface area (Å²) in [6.45, 7) is 2.40. The molecule has 0 atom stereocenters. The SMILES string of the molecule is CCOc1ccc(C(=O)Oc2ccc(/C=N/NC(=O)C(=O)Nc3cccc(OC)c3)cc2OC)cc1. The fourth-order valence-electron chi connectivity index (χ4n) is 2.97. The molecule has 10 heteroatoms. The van der Waals surface area contributed by atoms with Crippen LogP contribution in [0.5, 0.6) is 23.0 Å². The molecule has 0 fully saturated rings. The zero-order valence-electron chi connectivity index (χ0n) is 19.9. The molecule has 0 aliphatic heterocycles. The predicted molar refractivity (Wildman–Crippen MR) is 133 cm³/mol. The van der Waals surface area contributed by atoms with Crippen LogP contribution in [0.3, 0.4) is 0 Å². The van der Waals surface area contributed by atoms with Gasteiger partial charge >= 0.3 is 17.8 Å². The van der Waals surface area contributed by atoms with Gasteiger partial charge in [-0.05, 0) is 67.1 Å². The Kier molecular flexibility index (Phi) is 8.99. The number of benzene rings is 3. The molecule has 0 bridgehead atoms. The van der Waals surface area contributed by atoms with Gasteiger partial charge < -0.3 is 24.3 Å². The molecule has 0 saturated carbocycles. The number of rotatable bonds is 9. The van der Waals surface area contributed by atoms with Gasteiger partial charge in [0.05, 0.1) is 32.6 Å². The summed E-state index contributed by atoms with van der Waals surface area (Å²) in [7, 11) is 2.92. The maximum atomic E-state index is 12.5. The summed E-state index contributed by atoms with van der Waals surface area (Å²) in [6.07, 6.45) is 1.32. The van der Waals surface area contributed by atoms with Gasteiger partial charge in [0.1, 0.15) is 11.5 Å². The molecule has 10 nitrogen and oxygen atoms in total. The van der Waals surface area contributed by atoms with Crippen LogP contribution in [-0.2, 0) is 9.59 Å². The van der Waals surface area contributed by atoms with E-state index >= 15 is 0 Å². The van der Waals surface area contributed by atoms with Gasteiger partial charge in [0.15, 0.2) is 11.5 Å². The van der Waals surface area contributed by atoms with Crippen LogP contribution in [-0.4, -0.2) is 44.8 Å². The van der Waals surface area contributed by atoms with Crippen LogP contribution in [0.2, 0.25) is 0 Å². The topological polar surface area (TPSA) is 125 Å². The number of ether oxygens (including phenoxy) is 4. The quantitative estimate of drug-likeness (QED) is 0.155. The highest BCUT2D eigenvalue weighted by atomic mass is 16.6. The van der Waals surface area contributed by atoms with E-state index in [-0.39, 0.29) is 11.5 Å². The van der Waals surface area contributed by atoms with Crippen LogP contribution < -0.4 is 29.7 Å². The Bertz CT molecular complexity index is 1260. The van der Waals surface area contributed by atoms with Crippen LogP contribution in [0.15, 0.2) is 71.8 Å². The molecule has 3 rings (SSSR count). The van der Waals surface area contributed by atoms with E-state index < -0.39 is 17.8 Å². The van der Waals surface area contributed by atoms with Gasteiger partial charge in [-0.2, -0.15) is 5.10 Å². The molecule has 0 radical (unpaired) electrons. The van der Waals surface area contributed by atoms with Crippen molar-refractivity contribution in [2.75, 3.05) is 26.1 Å². The zero-order chi connectivity index (χ0) is 25.9. The highest BCUT2D eigenvalue weighted by Crippen LogP contribution is 2.28. The number of carbonyl (C=O) groups is 3. The van der Waals surface area contributed by atoms with Crippen molar-refractivity contribution in [1.29, 1.82) is 0 Å². The first-order valence-electron chi connectivity index (χ1n) is 10.8. The van der Waals surface area contributed by atoms with Crippen molar-refractivity contribution in [2.45, 2.75) is 6.92 Å². The molecule has 0 spiro atoms. The van der Waals surface area contributed by atoms with Gasteiger partial charge in [-0.15, -0.1) is 0 Å². The summed E-state index contributed by atoms with van der Waals surface area (Å²) < 4.78 is 21.2. The first kappa shape index (κ1) is 25.8. The summed E-state index contributed by atoms with van der Waals surface area (Å²) >= 11 is 0. The third-order valence-corrected chi connectivity index (χ3v) is 4.70. The lowest BCUT2D eigenvalue weighted by molar-refractivity contribution is -0.136. The second-order valence-corrected chi connectivity index (χ2v) is 7.14. The molecule has 36 heavy (non-hydrogen) atoms. The van der Waals surface area contributed by atoms with Crippen molar-refractivity contribution in [3.8, 4) is 23.0 Å². The minimum absolute atomic E-state index is 0.204. The predicted octanol–water partition coefficient (Wildman–Crippen LogP) is 3.41. The molecular formula is C26H25N3O7. The normalized spacial score (nSPS) is 10.4. The minimum Gasteiger partial charge on any atom is -0.497 e. The van der Waals surface area contributed by atoms with Gasteiger partial charge in [0.25, 0.3) is 0 Å². The number of esters is 1. The number of amides is 2. The Morgan fingerprint density at radius 3 is 2.33 bits per heavy atom. The Labute approximate surface area is 207 Å². The minimum atomic E-state index is -0.957. The first-order chi connectivity index (χ1) is 17.4. The molecule has 0 aliphatic rings. The summed E-state index contributed by atoms with van der Waals surface area (Å²) in [5.41, 5.74) is 3.43. The van der Waals surface area contributed by atoms with Crippen molar-refractivity contribution in [3.05, 3.63) is 77.9 Å². The fraction of sp³-hybridized carbons (Fsp3) is 0.154. The van der Waals surface area contributed by atoms with E-state index in [0.29, 0.717) is 34.9 Å². The molecule has 0 aromatic heterocycles. The monoisotopic (exact) mass is 491 g/mol. The molecular weight excluding hydrogens is 466 g/mol. The number of hydrazone groups is 1. The number of hydrogen-bond donors (Lipinski definition) is 2. The lowest BCUT2D eigenvalue weighted by Gasteiger charge is -2.10. The lowest BCUT2D eigenvalue weighted by Crippen LogP contribution is -2.32. The van der Waals surface area contributed by atoms with E-state index in [1.807, 2.05) is 6.92 Å². The van der Waals surface area contributed by atoms with Crippen LogP contribution in [0, 0.1) is 0 Å². The third kappa shape index (κ3) is 7.07. The van der Waals surface area contributed by atoms with E-state index in [1.54, 1.807) is 60.7 Å². The van der Waals surface area contributed by atoms with Crippen LogP contribution >= 0.6 is 0 Å². The van der Waals surface area contributed by atoms with Gasteiger partial charge in [0, 0.05) is 11.8 Å². The summed E-state index contributed by atoms with van der Waals surface area (Å²) in [6, 6.07) is 17.9. The average Bonchev–Trinajstić information content (AvgIpc) is 2.90. The van der Waals surface area contributed by atoms with Crippen LogP contribution in [0.1, 0.15) is 22.8 Å². The number of methoxy groups -OCH3 is 2. The smallest absolute Gasteiger partial charge is 0.343 e. The number of nitrogens with zero attached hydrogens (tertiary/aromatic N) is 1. The molecule has 0 saturated heterocycles.